The Bertz CT molecular complexity index is 464. The molecule has 0 bridgehead atoms. The van der Waals surface area contributed by atoms with E-state index < -0.39 is 36.2 Å². The lowest BCUT2D eigenvalue weighted by molar-refractivity contribution is -0.150. The topological polar surface area (TPSA) is 75.6 Å². The number of anilines is 1. The number of benzene rings is 1. The molecule has 0 aliphatic carbocycles. The van der Waals surface area contributed by atoms with Crippen LogP contribution in [0.5, 0.6) is 0 Å². The number of aliphatic carboxylic acids is 1. The highest BCUT2D eigenvalue weighted by atomic mass is 19.1. The maximum Gasteiger partial charge on any atom is 0.332 e. The minimum Gasteiger partial charge on any atom is -0.479 e. The van der Waals surface area contributed by atoms with E-state index in [1.807, 2.05) is 0 Å². The number of ether oxygens (including phenoxy) is 1. The molecular formula is C11H11F2NO4. The first-order chi connectivity index (χ1) is 8.40. The van der Waals surface area contributed by atoms with Crippen LogP contribution in [0.15, 0.2) is 18.2 Å². The number of carboxylic acid groups (broad SMARTS) is 1. The molecule has 0 fully saturated rings. The Morgan fingerprint density at radius 2 is 2.11 bits per heavy atom. The SMILES string of the molecule is C[C@@H](OCC(=O)Nc1cc(F)ccc1F)C(=O)O. The van der Waals surface area contributed by atoms with Gasteiger partial charge in [-0.05, 0) is 19.1 Å². The minimum atomic E-state index is -1.22. The summed E-state index contributed by atoms with van der Waals surface area (Å²) >= 11 is 0. The zero-order valence-electron chi connectivity index (χ0n) is 9.44. The second kappa shape index (κ2) is 6.06. The van der Waals surface area contributed by atoms with Crippen molar-refractivity contribution >= 4 is 17.6 Å². The van der Waals surface area contributed by atoms with Gasteiger partial charge in [-0.25, -0.2) is 13.6 Å². The molecule has 1 atom stereocenters. The van der Waals surface area contributed by atoms with Gasteiger partial charge in [0.25, 0.3) is 0 Å². The van der Waals surface area contributed by atoms with Gasteiger partial charge < -0.3 is 15.2 Å². The van der Waals surface area contributed by atoms with Gasteiger partial charge in [-0.2, -0.15) is 0 Å². The van der Waals surface area contributed by atoms with Gasteiger partial charge in [0, 0.05) is 6.07 Å². The van der Waals surface area contributed by atoms with Crippen molar-refractivity contribution in [3.8, 4) is 0 Å². The molecule has 1 amide bonds. The fourth-order valence-corrected chi connectivity index (χ4v) is 1.05. The molecule has 0 heterocycles. The van der Waals surface area contributed by atoms with Crippen LogP contribution in [-0.2, 0) is 14.3 Å². The first kappa shape index (κ1) is 14.0. The molecule has 1 aromatic rings. The molecule has 7 heteroatoms. The zero-order chi connectivity index (χ0) is 13.7. The van der Waals surface area contributed by atoms with Crippen LogP contribution < -0.4 is 5.32 Å². The molecular weight excluding hydrogens is 248 g/mol. The number of carboxylic acids is 1. The summed E-state index contributed by atoms with van der Waals surface area (Å²) in [5, 5.41) is 10.6. The monoisotopic (exact) mass is 259 g/mol. The summed E-state index contributed by atoms with van der Waals surface area (Å²) in [4.78, 5) is 21.7. The van der Waals surface area contributed by atoms with E-state index in [4.69, 9.17) is 5.11 Å². The number of hydrogen-bond donors (Lipinski definition) is 2. The van der Waals surface area contributed by atoms with Crippen molar-refractivity contribution in [3.63, 3.8) is 0 Å². The van der Waals surface area contributed by atoms with Crippen molar-refractivity contribution in [2.45, 2.75) is 13.0 Å². The number of hydrogen-bond acceptors (Lipinski definition) is 3. The van der Waals surface area contributed by atoms with Gasteiger partial charge in [-0.1, -0.05) is 0 Å². The third-order valence-electron chi connectivity index (χ3n) is 2.01. The van der Waals surface area contributed by atoms with Crippen LogP contribution in [-0.4, -0.2) is 29.7 Å². The van der Waals surface area contributed by atoms with Gasteiger partial charge in [0.2, 0.25) is 5.91 Å². The van der Waals surface area contributed by atoms with E-state index >= 15 is 0 Å². The molecule has 18 heavy (non-hydrogen) atoms. The van der Waals surface area contributed by atoms with Crippen LogP contribution in [0.3, 0.4) is 0 Å². The Morgan fingerprint density at radius 1 is 1.44 bits per heavy atom. The highest BCUT2D eigenvalue weighted by Crippen LogP contribution is 2.14. The van der Waals surface area contributed by atoms with Crippen molar-refractivity contribution in [1.82, 2.24) is 0 Å². The van der Waals surface area contributed by atoms with E-state index in [1.54, 1.807) is 0 Å². The molecule has 98 valence electrons. The van der Waals surface area contributed by atoms with E-state index in [0.29, 0.717) is 0 Å². The van der Waals surface area contributed by atoms with E-state index in [1.165, 1.54) is 6.92 Å². The zero-order valence-corrected chi connectivity index (χ0v) is 9.44. The second-order valence-electron chi connectivity index (χ2n) is 3.46. The van der Waals surface area contributed by atoms with Crippen molar-refractivity contribution in [3.05, 3.63) is 29.8 Å². The standard InChI is InChI=1S/C11H11F2NO4/c1-6(11(16)17)18-5-10(15)14-9-4-7(12)2-3-8(9)13/h2-4,6H,5H2,1H3,(H,14,15)(H,16,17)/t6-/m1/s1. The summed E-state index contributed by atoms with van der Waals surface area (Å²) in [6.45, 7) is 0.682. The maximum absolute atomic E-state index is 13.1. The molecule has 2 N–H and O–H groups in total. The van der Waals surface area contributed by atoms with Crippen LogP contribution >= 0.6 is 0 Å². The predicted molar refractivity (Wildman–Crippen MR) is 58.0 cm³/mol. The number of halogens is 2. The number of carbonyl (C=O) groups excluding carboxylic acids is 1. The van der Waals surface area contributed by atoms with Gasteiger partial charge >= 0.3 is 5.97 Å². The number of nitrogens with one attached hydrogen (secondary N) is 1. The number of amides is 1. The Hall–Kier alpha value is -2.02. The molecule has 0 radical (unpaired) electrons. The average Bonchev–Trinajstić information content (AvgIpc) is 2.30. The van der Waals surface area contributed by atoms with Crippen LogP contribution in [0.25, 0.3) is 0 Å². The van der Waals surface area contributed by atoms with Gasteiger partial charge in [0.05, 0.1) is 5.69 Å². The second-order valence-corrected chi connectivity index (χ2v) is 3.46. The summed E-state index contributed by atoms with van der Waals surface area (Å²) in [6.07, 6.45) is -1.16. The normalized spacial score (nSPS) is 11.9. The largest absolute Gasteiger partial charge is 0.479 e. The molecule has 0 unspecified atom stereocenters. The van der Waals surface area contributed by atoms with Gasteiger partial charge in [-0.3, -0.25) is 4.79 Å². The van der Waals surface area contributed by atoms with E-state index in [-0.39, 0.29) is 5.69 Å². The molecule has 0 aliphatic heterocycles. The quantitative estimate of drug-likeness (QED) is 0.837. The molecule has 0 spiro atoms. The van der Waals surface area contributed by atoms with Crippen LogP contribution in [0.2, 0.25) is 0 Å². The van der Waals surface area contributed by atoms with E-state index in [0.717, 1.165) is 18.2 Å². The third kappa shape index (κ3) is 4.10. The first-order valence-corrected chi connectivity index (χ1v) is 4.99. The summed E-state index contributed by atoms with van der Waals surface area (Å²) < 4.78 is 30.6. The molecule has 1 rings (SSSR count). The van der Waals surface area contributed by atoms with E-state index in [2.05, 4.69) is 10.1 Å². The number of carbonyl (C=O) groups is 2. The molecule has 0 saturated carbocycles. The summed E-state index contributed by atoms with van der Waals surface area (Å²) in [7, 11) is 0. The van der Waals surface area contributed by atoms with Crippen LogP contribution in [0.4, 0.5) is 14.5 Å². The van der Waals surface area contributed by atoms with Crippen molar-refractivity contribution < 1.29 is 28.2 Å². The minimum absolute atomic E-state index is 0.327. The van der Waals surface area contributed by atoms with Gasteiger partial charge in [-0.15, -0.1) is 0 Å². The van der Waals surface area contributed by atoms with Crippen LogP contribution in [0.1, 0.15) is 6.92 Å². The van der Waals surface area contributed by atoms with Crippen LogP contribution in [0, 0.1) is 11.6 Å². The lowest BCUT2D eigenvalue weighted by atomic mass is 10.3. The Morgan fingerprint density at radius 3 is 2.72 bits per heavy atom. The van der Waals surface area contributed by atoms with E-state index in [9.17, 15) is 18.4 Å². The molecule has 1 aromatic carbocycles. The lowest BCUT2D eigenvalue weighted by Crippen LogP contribution is -2.26. The fourth-order valence-electron chi connectivity index (χ4n) is 1.05. The summed E-state index contributed by atoms with van der Waals surface area (Å²) in [5.41, 5.74) is -0.327. The predicted octanol–water partition coefficient (Wildman–Crippen LogP) is 1.39. The van der Waals surface area contributed by atoms with Crippen molar-refractivity contribution in [1.29, 1.82) is 0 Å². The smallest absolute Gasteiger partial charge is 0.332 e. The fraction of sp³-hybridized carbons (Fsp3) is 0.273. The Kier molecular flexibility index (Phi) is 4.73. The Balaban J connectivity index is 2.54. The summed E-state index contributed by atoms with van der Waals surface area (Å²) in [5.74, 6) is -3.49. The van der Waals surface area contributed by atoms with Gasteiger partial charge in [0.1, 0.15) is 18.2 Å². The molecule has 5 nitrogen and oxygen atoms in total. The molecule has 0 aromatic heterocycles. The third-order valence-corrected chi connectivity index (χ3v) is 2.01. The Labute approximate surface area is 101 Å². The molecule has 0 saturated heterocycles. The highest BCUT2D eigenvalue weighted by Gasteiger charge is 2.14. The lowest BCUT2D eigenvalue weighted by Gasteiger charge is -2.09. The van der Waals surface area contributed by atoms with Crippen molar-refractivity contribution in [2.75, 3.05) is 11.9 Å². The maximum atomic E-state index is 13.1. The van der Waals surface area contributed by atoms with Crippen molar-refractivity contribution in [2.24, 2.45) is 0 Å². The van der Waals surface area contributed by atoms with Gasteiger partial charge in [0.15, 0.2) is 6.10 Å². The molecule has 0 aliphatic rings. The number of rotatable bonds is 5. The summed E-state index contributed by atoms with van der Waals surface area (Å²) in [6, 6.07) is 2.59. The average molecular weight is 259 g/mol. The first-order valence-electron chi connectivity index (χ1n) is 4.99. The highest BCUT2D eigenvalue weighted by molar-refractivity contribution is 5.92.